The van der Waals surface area contributed by atoms with Gasteiger partial charge in [0.1, 0.15) is 11.1 Å². The molecular formula is C9H5NO5. The van der Waals surface area contributed by atoms with E-state index in [1.165, 1.54) is 12.3 Å². The van der Waals surface area contributed by atoms with Gasteiger partial charge in [0.2, 0.25) is 0 Å². The van der Waals surface area contributed by atoms with Crippen molar-refractivity contribution in [3.05, 3.63) is 40.1 Å². The van der Waals surface area contributed by atoms with Gasteiger partial charge in [-0.1, -0.05) is 0 Å². The van der Waals surface area contributed by atoms with Crippen LogP contribution in [0.15, 0.2) is 28.9 Å². The Morgan fingerprint density at radius 1 is 1.47 bits per heavy atom. The topological polar surface area (TPSA) is 93.6 Å². The maximum atomic E-state index is 10.8. The number of aromatic carboxylic acids is 1. The fourth-order valence-corrected chi connectivity index (χ4v) is 1.32. The van der Waals surface area contributed by atoms with Crippen LogP contribution in [0.4, 0.5) is 5.69 Å². The largest absolute Gasteiger partial charge is 0.477 e. The van der Waals surface area contributed by atoms with Crippen LogP contribution < -0.4 is 0 Å². The van der Waals surface area contributed by atoms with Crippen LogP contribution in [-0.4, -0.2) is 16.0 Å². The third-order valence-electron chi connectivity index (χ3n) is 2.00. The van der Waals surface area contributed by atoms with Crippen molar-refractivity contribution in [2.24, 2.45) is 0 Å². The molecule has 0 bridgehead atoms. The molecule has 0 aliphatic carbocycles. The molecule has 0 fully saturated rings. The SMILES string of the molecule is O=C(O)c1cc2ccoc2cc1[N+](=O)[O-]. The first-order valence-corrected chi connectivity index (χ1v) is 3.98. The van der Waals surface area contributed by atoms with Gasteiger partial charge in [-0.3, -0.25) is 10.1 Å². The van der Waals surface area contributed by atoms with E-state index < -0.39 is 16.6 Å². The number of rotatable bonds is 2. The van der Waals surface area contributed by atoms with E-state index in [9.17, 15) is 14.9 Å². The minimum absolute atomic E-state index is 0.298. The molecule has 1 heterocycles. The van der Waals surface area contributed by atoms with Crippen LogP contribution >= 0.6 is 0 Å². The van der Waals surface area contributed by atoms with Crippen molar-refractivity contribution in [3.8, 4) is 0 Å². The van der Waals surface area contributed by atoms with Gasteiger partial charge in [0.25, 0.3) is 5.69 Å². The lowest BCUT2D eigenvalue weighted by Crippen LogP contribution is -2.02. The molecule has 0 aliphatic heterocycles. The van der Waals surface area contributed by atoms with Gasteiger partial charge in [-0.15, -0.1) is 0 Å². The molecule has 0 saturated heterocycles. The summed E-state index contributed by atoms with van der Waals surface area (Å²) in [4.78, 5) is 20.6. The summed E-state index contributed by atoms with van der Waals surface area (Å²) in [5, 5.41) is 19.9. The molecular weight excluding hydrogens is 202 g/mol. The zero-order chi connectivity index (χ0) is 11.0. The minimum Gasteiger partial charge on any atom is -0.477 e. The van der Waals surface area contributed by atoms with Crippen molar-refractivity contribution in [2.45, 2.75) is 0 Å². The molecule has 2 rings (SSSR count). The summed E-state index contributed by atoms with van der Waals surface area (Å²) in [6.45, 7) is 0. The Balaban J connectivity index is 2.79. The van der Waals surface area contributed by atoms with Gasteiger partial charge in [0.05, 0.1) is 17.3 Å². The highest BCUT2D eigenvalue weighted by atomic mass is 16.6. The second kappa shape index (κ2) is 3.09. The van der Waals surface area contributed by atoms with E-state index in [1.54, 1.807) is 6.07 Å². The highest BCUT2D eigenvalue weighted by Gasteiger charge is 2.21. The Kier molecular flexibility index (Phi) is 1.89. The van der Waals surface area contributed by atoms with Crippen molar-refractivity contribution in [3.63, 3.8) is 0 Å². The number of fused-ring (bicyclic) bond motifs is 1. The number of nitro groups is 1. The van der Waals surface area contributed by atoms with E-state index >= 15 is 0 Å². The average molecular weight is 207 g/mol. The standard InChI is InChI=1S/C9H5NO5/c11-9(12)6-3-5-1-2-15-8(5)4-7(6)10(13)14/h1-4H,(H,11,12). The summed E-state index contributed by atoms with van der Waals surface area (Å²) < 4.78 is 4.95. The Bertz CT molecular complexity index is 509. The molecule has 0 radical (unpaired) electrons. The molecule has 0 atom stereocenters. The number of carboxylic acids is 1. The average Bonchev–Trinajstić information content (AvgIpc) is 2.61. The maximum absolute atomic E-state index is 10.8. The lowest BCUT2D eigenvalue weighted by atomic mass is 10.1. The summed E-state index contributed by atoms with van der Waals surface area (Å²) in [6, 6.07) is 3.88. The molecule has 1 aromatic carbocycles. The number of carbonyl (C=O) groups is 1. The Labute approximate surface area is 82.9 Å². The van der Waals surface area contributed by atoms with E-state index in [-0.39, 0.29) is 5.56 Å². The molecule has 0 unspecified atom stereocenters. The summed E-state index contributed by atoms with van der Waals surface area (Å²) in [5.41, 5.74) is -0.509. The Morgan fingerprint density at radius 2 is 2.20 bits per heavy atom. The summed E-state index contributed by atoms with van der Waals surface area (Å²) >= 11 is 0. The molecule has 6 nitrogen and oxygen atoms in total. The lowest BCUT2D eigenvalue weighted by molar-refractivity contribution is -0.385. The molecule has 2 aromatic rings. The zero-order valence-electron chi connectivity index (χ0n) is 7.34. The molecule has 0 aliphatic rings. The molecule has 76 valence electrons. The van der Waals surface area contributed by atoms with Crippen LogP contribution in [0.25, 0.3) is 11.0 Å². The summed E-state index contributed by atoms with van der Waals surface area (Å²) in [5.74, 6) is -1.33. The van der Waals surface area contributed by atoms with Crippen LogP contribution in [-0.2, 0) is 0 Å². The molecule has 6 heteroatoms. The van der Waals surface area contributed by atoms with Crippen molar-refractivity contribution >= 4 is 22.6 Å². The van der Waals surface area contributed by atoms with Gasteiger partial charge in [0.15, 0.2) is 0 Å². The molecule has 15 heavy (non-hydrogen) atoms. The third kappa shape index (κ3) is 1.41. The van der Waals surface area contributed by atoms with Crippen LogP contribution in [0.2, 0.25) is 0 Å². The maximum Gasteiger partial charge on any atom is 0.342 e. The first-order chi connectivity index (χ1) is 7.09. The molecule has 1 aromatic heterocycles. The van der Waals surface area contributed by atoms with Gasteiger partial charge < -0.3 is 9.52 Å². The fourth-order valence-electron chi connectivity index (χ4n) is 1.32. The van der Waals surface area contributed by atoms with Crippen LogP contribution in [0.5, 0.6) is 0 Å². The normalized spacial score (nSPS) is 10.4. The Hall–Kier alpha value is -2.37. The highest BCUT2D eigenvalue weighted by Crippen LogP contribution is 2.26. The fraction of sp³-hybridized carbons (Fsp3) is 0. The lowest BCUT2D eigenvalue weighted by Gasteiger charge is -1.97. The quantitative estimate of drug-likeness (QED) is 0.600. The highest BCUT2D eigenvalue weighted by molar-refractivity contribution is 5.97. The van der Waals surface area contributed by atoms with Gasteiger partial charge >= 0.3 is 5.97 Å². The number of hydrogen-bond donors (Lipinski definition) is 1. The first-order valence-electron chi connectivity index (χ1n) is 3.98. The van der Waals surface area contributed by atoms with E-state index in [1.807, 2.05) is 0 Å². The predicted octanol–water partition coefficient (Wildman–Crippen LogP) is 2.04. The van der Waals surface area contributed by atoms with Crippen molar-refractivity contribution in [2.75, 3.05) is 0 Å². The van der Waals surface area contributed by atoms with Crippen molar-refractivity contribution < 1.29 is 19.2 Å². The number of carboxylic acid groups (broad SMARTS) is 1. The van der Waals surface area contributed by atoms with E-state index in [4.69, 9.17) is 9.52 Å². The van der Waals surface area contributed by atoms with Crippen LogP contribution in [0.1, 0.15) is 10.4 Å². The van der Waals surface area contributed by atoms with Gasteiger partial charge in [-0.25, -0.2) is 4.79 Å². The minimum atomic E-state index is -1.33. The third-order valence-corrected chi connectivity index (χ3v) is 2.00. The first kappa shape index (κ1) is 9.20. The predicted molar refractivity (Wildman–Crippen MR) is 49.8 cm³/mol. The van der Waals surface area contributed by atoms with Crippen LogP contribution in [0, 0.1) is 10.1 Å². The van der Waals surface area contributed by atoms with Gasteiger partial charge in [0, 0.05) is 5.39 Å². The van der Waals surface area contributed by atoms with E-state index in [2.05, 4.69) is 0 Å². The number of nitrogens with zero attached hydrogens (tertiary/aromatic N) is 1. The van der Waals surface area contributed by atoms with Crippen molar-refractivity contribution in [1.29, 1.82) is 0 Å². The molecule has 0 amide bonds. The molecule has 0 saturated carbocycles. The number of benzene rings is 1. The Morgan fingerprint density at radius 3 is 2.80 bits per heavy atom. The summed E-state index contributed by atoms with van der Waals surface area (Å²) in [7, 11) is 0. The van der Waals surface area contributed by atoms with E-state index in [0.29, 0.717) is 11.0 Å². The monoisotopic (exact) mass is 207 g/mol. The van der Waals surface area contributed by atoms with Gasteiger partial charge in [-0.2, -0.15) is 0 Å². The van der Waals surface area contributed by atoms with Gasteiger partial charge in [-0.05, 0) is 12.1 Å². The second-order valence-corrected chi connectivity index (χ2v) is 2.89. The number of hydrogen-bond acceptors (Lipinski definition) is 4. The smallest absolute Gasteiger partial charge is 0.342 e. The number of furan rings is 1. The van der Waals surface area contributed by atoms with Crippen LogP contribution in [0.3, 0.4) is 0 Å². The summed E-state index contributed by atoms with van der Waals surface area (Å²) in [6.07, 6.45) is 1.35. The van der Waals surface area contributed by atoms with E-state index in [0.717, 1.165) is 6.07 Å². The van der Waals surface area contributed by atoms with Crippen molar-refractivity contribution in [1.82, 2.24) is 0 Å². The molecule has 1 N–H and O–H groups in total. The number of nitro benzene ring substituents is 1. The second-order valence-electron chi connectivity index (χ2n) is 2.89. The zero-order valence-corrected chi connectivity index (χ0v) is 7.34. The molecule has 0 spiro atoms.